The molecule has 0 fully saturated rings. The zero-order valence-corrected chi connectivity index (χ0v) is 16.6. The summed E-state index contributed by atoms with van der Waals surface area (Å²) >= 11 is 4.47. The number of carbonyl (C=O) groups is 1. The molecule has 0 saturated heterocycles. The van der Waals surface area contributed by atoms with Crippen LogP contribution >= 0.6 is 34.9 Å². The van der Waals surface area contributed by atoms with Crippen molar-refractivity contribution >= 4 is 45.9 Å². The van der Waals surface area contributed by atoms with E-state index in [2.05, 4.69) is 20.5 Å². The Balaban J connectivity index is 1.69. The minimum absolute atomic E-state index is 0.0888. The molecule has 1 aliphatic heterocycles. The SMILES string of the molecule is CCSc1nnc(NC(=O)C[C@H]2CSc3nc(C(C)C)cc(=O)n32)s1. The van der Waals surface area contributed by atoms with Crippen LogP contribution in [0.1, 0.15) is 44.8 Å². The molecule has 2 aromatic heterocycles. The van der Waals surface area contributed by atoms with Crippen molar-refractivity contribution in [3.8, 4) is 0 Å². The van der Waals surface area contributed by atoms with Gasteiger partial charge in [0.25, 0.3) is 5.56 Å². The van der Waals surface area contributed by atoms with E-state index in [0.29, 0.717) is 16.0 Å². The second-order valence-corrected chi connectivity index (χ2v) is 9.33. The molecule has 134 valence electrons. The Labute approximate surface area is 158 Å². The fourth-order valence-corrected chi connectivity index (χ4v) is 5.26. The summed E-state index contributed by atoms with van der Waals surface area (Å²) in [6.45, 7) is 6.06. The van der Waals surface area contributed by atoms with E-state index in [0.717, 1.165) is 15.8 Å². The van der Waals surface area contributed by atoms with E-state index in [-0.39, 0.29) is 29.8 Å². The summed E-state index contributed by atoms with van der Waals surface area (Å²) in [5.41, 5.74) is 0.706. The number of hydrogen-bond acceptors (Lipinski definition) is 8. The number of carbonyl (C=O) groups excluding carboxylic acids is 1. The van der Waals surface area contributed by atoms with Gasteiger partial charge in [0.05, 0.1) is 11.7 Å². The molecule has 0 spiro atoms. The smallest absolute Gasteiger partial charge is 0.254 e. The summed E-state index contributed by atoms with van der Waals surface area (Å²) in [5.74, 6) is 1.62. The molecule has 0 bridgehead atoms. The highest BCUT2D eigenvalue weighted by atomic mass is 32.2. The molecule has 0 radical (unpaired) electrons. The summed E-state index contributed by atoms with van der Waals surface area (Å²) in [7, 11) is 0. The topological polar surface area (TPSA) is 89.8 Å². The fourth-order valence-electron chi connectivity index (χ4n) is 2.44. The molecule has 0 aliphatic carbocycles. The van der Waals surface area contributed by atoms with E-state index >= 15 is 0 Å². The third kappa shape index (κ3) is 4.24. The van der Waals surface area contributed by atoms with Gasteiger partial charge in [-0.1, -0.05) is 55.6 Å². The molecular formula is C15H19N5O2S3. The predicted molar refractivity (Wildman–Crippen MR) is 102 cm³/mol. The summed E-state index contributed by atoms with van der Waals surface area (Å²) in [5, 5.41) is 12.0. The highest BCUT2D eigenvalue weighted by molar-refractivity contribution is 8.01. The first-order valence-corrected chi connectivity index (χ1v) is 10.8. The summed E-state index contributed by atoms with van der Waals surface area (Å²) in [6, 6.07) is 1.39. The van der Waals surface area contributed by atoms with Crippen molar-refractivity contribution in [2.75, 3.05) is 16.8 Å². The third-order valence-electron chi connectivity index (χ3n) is 3.64. The molecule has 3 rings (SSSR count). The van der Waals surface area contributed by atoms with Crippen LogP contribution in [0.2, 0.25) is 0 Å². The number of nitrogens with zero attached hydrogens (tertiary/aromatic N) is 4. The summed E-state index contributed by atoms with van der Waals surface area (Å²) in [6.07, 6.45) is 0.221. The van der Waals surface area contributed by atoms with Gasteiger partial charge in [-0.25, -0.2) is 4.98 Å². The van der Waals surface area contributed by atoms with E-state index in [9.17, 15) is 9.59 Å². The van der Waals surface area contributed by atoms with Crippen LogP contribution in [0.25, 0.3) is 0 Å². The lowest BCUT2D eigenvalue weighted by Crippen LogP contribution is -2.28. The summed E-state index contributed by atoms with van der Waals surface area (Å²) < 4.78 is 2.47. The number of thioether (sulfide) groups is 2. The van der Waals surface area contributed by atoms with Gasteiger partial charge < -0.3 is 5.32 Å². The van der Waals surface area contributed by atoms with Crippen molar-refractivity contribution in [3.05, 3.63) is 22.1 Å². The average Bonchev–Trinajstić information content (AvgIpc) is 3.15. The third-order valence-corrected chi connectivity index (χ3v) is 6.59. The van der Waals surface area contributed by atoms with Gasteiger partial charge in [0, 0.05) is 18.2 Å². The zero-order valence-electron chi connectivity index (χ0n) is 14.2. The van der Waals surface area contributed by atoms with Gasteiger partial charge in [-0.15, -0.1) is 10.2 Å². The van der Waals surface area contributed by atoms with Crippen LogP contribution in [0.5, 0.6) is 0 Å². The molecular weight excluding hydrogens is 378 g/mol. The van der Waals surface area contributed by atoms with Gasteiger partial charge in [-0.3, -0.25) is 14.2 Å². The molecule has 1 atom stereocenters. The van der Waals surface area contributed by atoms with Crippen LogP contribution in [-0.4, -0.2) is 37.2 Å². The van der Waals surface area contributed by atoms with E-state index in [1.165, 1.54) is 23.1 Å². The number of amides is 1. The van der Waals surface area contributed by atoms with Crippen molar-refractivity contribution in [1.82, 2.24) is 19.7 Å². The minimum Gasteiger partial charge on any atom is -0.300 e. The Kier molecular flexibility index (Phi) is 5.80. The first kappa shape index (κ1) is 18.4. The largest absolute Gasteiger partial charge is 0.300 e. The number of fused-ring (bicyclic) bond motifs is 1. The van der Waals surface area contributed by atoms with Crippen LogP contribution < -0.4 is 10.9 Å². The maximum Gasteiger partial charge on any atom is 0.254 e. The monoisotopic (exact) mass is 397 g/mol. The molecule has 7 nitrogen and oxygen atoms in total. The first-order valence-electron chi connectivity index (χ1n) is 8.00. The van der Waals surface area contributed by atoms with Crippen LogP contribution in [0.15, 0.2) is 20.4 Å². The van der Waals surface area contributed by atoms with Crippen LogP contribution in [0.4, 0.5) is 5.13 Å². The number of anilines is 1. The number of hydrogen-bond donors (Lipinski definition) is 1. The standard InChI is InChI=1S/C15H19N5O2S3/c1-4-23-15-19-18-13(25-15)17-11(21)5-9-7-24-14-16-10(8(2)3)6-12(22)20(9)14/h6,8-9H,4-5,7H2,1-3H3,(H,17,18,21)/t9-/m0/s1. The highest BCUT2D eigenvalue weighted by Crippen LogP contribution is 2.33. The van der Waals surface area contributed by atoms with Crippen LogP contribution in [-0.2, 0) is 4.79 Å². The molecule has 10 heteroatoms. The van der Waals surface area contributed by atoms with Crippen LogP contribution in [0, 0.1) is 0 Å². The van der Waals surface area contributed by atoms with Gasteiger partial charge in [-0.05, 0) is 11.7 Å². The second kappa shape index (κ2) is 7.88. The lowest BCUT2D eigenvalue weighted by molar-refractivity contribution is -0.116. The molecule has 1 amide bonds. The average molecular weight is 398 g/mol. The predicted octanol–water partition coefficient (Wildman–Crippen LogP) is 3.01. The molecule has 0 aromatic carbocycles. The highest BCUT2D eigenvalue weighted by Gasteiger charge is 2.28. The number of aromatic nitrogens is 4. The first-order chi connectivity index (χ1) is 12.0. The van der Waals surface area contributed by atoms with Crippen molar-refractivity contribution in [3.63, 3.8) is 0 Å². The van der Waals surface area contributed by atoms with Gasteiger partial charge in [-0.2, -0.15) is 0 Å². The molecule has 1 aliphatic rings. The van der Waals surface area contributed by atoms with Gasteiger partial charge >= 0.3 is 0 Å². The molecule has 2 aromatic rings. The van der Waals surface area contributed by atoms with Crippen molar-refractivity contribution in [2.45, 2.75) is 48.6 Å². The lowest BCUT2D eigenvalue weighted by Gasteiger charge is -2.13. The quantitative estimate of drug-likeness (QED) is 0.455. The Morgan fingerprint density at radius 1 is 1.48 bits per heavy atom. The Hall–Kier alpha value is -1.39. The Bertz CT molecular complexity index is 833. The lowest BCUT2D eigenvalue weighted by atomic mass is 10.1. The van der Waals surface area contributed by atoms with Crippen LogP contribution in [0.3, 0.4) is 0 Å². The van der Waals surface area contributed by atoms with Gasteiger partial charge in [0.15, 0.2) is 9.50 Å². The van der Waals surface area contributed by atoms with Crippen molar-refractivity contribution in [2.24, 2.45) is 0 Å². The molecule has 3 heterocycles. The minimum atomic E-state index is -0.182. The molecule has 25 heavy (non-hydrogen) atoms. The number of rotatable bonds is 6. The normalized spacial score (nSPS) is 16.2. The van der Waals surface area contributed by atoms with E-state index < -0.39 is 0 Å². The Morgan fingerprint density at radius 3 is 3.00 bits per heavy atom. The van der Waals surface area contributed by atoms with Gasteiger partial charge in [0.2, 0.25) is 11.0 Å². The van der Waals surface area contributed by atoms with E-state index in [4.69, 9.17) is 0 Å². The molecule has 0 unspecified atom stereocenters. The maximum atomic E-state index is 12.4. The van der Waals surface area contributed by atoms with Crippen molar-refractivity contribution < 1.29 is 4.79 Å². The number of nitrogens with one attached hydrogen (secondary N) is 1. The maximum absolute atomic E-state index is 12.4. The van der Waals surface area contributed by atoms with E-state index in [1.807, 2.05) is 20.8 Å². The van der Waals surface area contributed by atoms with Gasteiger partial charge in [0.1, 0.15) is 0 Å². The Morgan fingerprint density at radius 2 is 2.28 bits per heavy atom. The zero-order chi connectivity index (χ0) is 18.0. The summed E-state index contributed by atoms with van der Waals surface area (Å²) in [4.78, 5) is 29.3. The fraction of sp³-hybridized carbons (Fsp3) is 0.533. The van der Waals surface area contributed by atoms with Crippen molar-refractivity contribution in [1.29, 1.82) is 0 Å². The molecule has 0 saturated carbocycles. The van der Waals surface area contributed by atoms with E-state index in [1.54, 1.807) is 22.4 Å². The second-order valence-electron chi connectivity index (χ2n) is 5.85. The molecule has 1 N–H and O–H groups in total.